The lowest BCUT2D eigenvalue weighted by Crippen LogP contribution is -2.14. The van der Waals surface area contributed by atoms with Gasteiger partial charge in [-0.15, -0.1) is 0 Å². The summed E-state index contributed by atoms with van der Waals surface area (Å²) in [5.41, 5.74) is 2.85. The second-order valence-electron chi connectivity index (χ2n) is 3.57. The molecule has 1 aromatic carbocycles. The Bertz CT molecular complexity index is 409. The first-order chi connectivity index (χ1) is 6.98. The normalized spacial score (nSPS) is 12.0. The molecule has 0 radical (unpaired) electrons. The van der Waals surface area contributed by atoms with Crippen molar-refractivity contribution in [1.82, 2.24) is 5.48 Å². The highest BCUT2D eigenvalue weighted by atomic mass is 32.2. The molecular weight excluding hydrogens is 214 g/mol. The van der Waals surface area contributed by atoms with Crippen LogP contribution in [-0.2, 0) is 16.4 Å². The van der Waals surface area contributed by atoms with Crippen molar-refractivity contribution in [2.75, 3.05) is 0 Å². The Morgan fingerprint density at radius 1 is 1.27 bits per heavy atom. The largest absolute Gasteiger partial charge is 0.316 e. The molecule has 1 aromatic rings. The second kappa shape index (κ2) is 4.74. The third-order valence-electron chi connectivity index (χ3n) is 2.16. The van der Waals surface area contributed by atoms with Crippen LogP contribution in [0.2, 0.25) is 0 Å². The smallest absolute Gasteiger partial charge is 0.180 e. The molecule has 1 rings (SSSR count). The van der Waals surface area contributed by atoms with E-state index in [1.165, 1.54) is 0 Å². The van der Waals surface area contributed by atoms with Gasteiger partial charge < -0.3 is 5.21 Å². The Balaban J connectivity index is 2.99. The Hall–Kier alpha value is -0.910. The first-order valence-corrected chi connectivity index (χ1v) is 6.23. The summed E-state index contributed by atoms with van der Waals surface area (Å²) >= 11 is 0. The molecule has 5 heteroatoms. The van der Waals surface area contributed by atoms with Crippen LogP contribution in [0.1, 0.15) is 19.4 Å². The fourth-order valence-electron chi connectivity index (χ4n) is 1.16. The molecule has 0 saturated carbocycles. The van der Waals surface area contributed by atoms with Crippen LogP contribution in [-0.4, -0.2) is 18.9 Å². The number of benzene rings is 1. The molecule has 0 atom stereocenters. The van der Waals surface area contributed by atoms with Gasteiger partial charge in [-0.1, -0.05) is 12.1 Å². The van der Waals surface area contributed by atoms with Crippen LogP contribution in [0.5, 0.6) is 0 Å². The van der Waals surface area contributed by atoms with Crippen LogP contribution in [0.25, 0.3) is 0 Å². The topological polar surface area (TPSA) is 66.4 Å². The molecule has 0 unspecified atom stereocenters. The van der Waals surface area contributed by atoms with Crippen LogP contribution < -0.4 is 5.48 Å². The third kappa shape index (κ3) is 2.77. The van der Waals surface area contributed by atoms with Crippen molar-refractivity contribution >= 4 is 9.84 Å². The second-order valence-corrected chi connectivity index (χ2v) is 6.08. The monoisotopic (exact) mass is 229 g/mol. The summed E-state index contributed by atoms with van der Waals surface area (Å²) < 4.78 is 23.5. The number of hydroxylamine groups is 1. The highest BCUT2D eigenvalue weighted by Gasteiger charge is 2.18. The molecule has 15 heavy (non-hydrogen) atoms. The molecule has 0 aromatic heterocycles. The highest BCUT2D eigenvalue weighted by molar-refractivity contribution is 7.92. The fraction of sp³-hybridized carbons (Fsp3) is 0.400. The molecule has 0 saturated heterocycles. The molecule has 0 fully saturated rings. The number of hydrogen-bond acceptors (Lipinski definition) is 4. The summed E-state index contributed by atoms with van der Waals surface area (Å²) in [6.07, 6.45) is 0. The molecule has 0 aliphatic rings. The summed E-state index contributed by atoms with van der Waals surface area (Å²) in [5.74, 6) is 0. The van der Waals surface area contributed by atoms with E-state index < -0.39 is 15.1 Å². The van der Waals surface area contributed by atoms with Crippen LogP contribution in [0.3, 0.4) is 0 Å². The summed E-state index contributed by atoms with van der Waals surface area (Å²) in [6, 6.07) is 6.47. The van der Waals surface area contributed by atoms with Gasteiger partial charge in [-0.3, -0.25) is 0 Å². The van der Waals surface area contributed by atoms with E-state index in [0.717, 1.165) is 5.56 Å². The van der Waals surface area contributed by atoms with Crippen molar-refractivity contribution in [2.24, 2.45) is 0 Å². The number of sulfone groups is 1. The average molecular weight is 229 g/mol. The zero-order chi connectivity index (χ0) is 11.5. The molecule has 0 heterocycles. The quantitative estimate of drug-likeness (QED) is 0.765. The van der Waals surface area contributed by atoms with Gasteiger partial charge in [0.15, 0.2) is 9.84 Å². The SMILES string of the molecule is CC(C)S(=O)(=O)c1ccc(CNO)cc1. The minimum absolute atomic E-state index is 0.308. The van der Waals surface area contributed by atoms with E-state index in [2.05, 4.69) is 0 Å². The van der Waals surface area contributed by atoms with Crippen LogP contribution >= 0.6 is 0 Å². The molecule has 0 bridgehead atoms. The van der Waals surface area contributed by atoms with Gasteiger partial charge in [-0.05, 0) is 31.5 Å². The van der Waals surface area contributed by atoms with Gasteiger partial charge in [-0.2, -0.15) is 0 Å². The maximum Gasteiger partial charge on any atom is 0.180 e. The highest BCUT2D eigenvalue weighted by Crippen LogP contribution is 2.16. The lowest BCUT2D eigenvalue weighted by atomic mass is 10.2. The summed E-state index contributed by atoms with van der Waals surface area (Å²) in [7, 11) is -3.19. The van der Waals surface area contributed by atoms with Gasteiger partial charge in [-0.25, -0.2) is 13.9 Å². The maximum absolute atomic E-state index is 11.7. The van der Waals surface area contributed by atoms with Gasteiger partial charge in [0.1, 0.15) is 0 Å². The van der Waals surface area contributed by atoms with Crippen molar-refractivity contribution in [1.29, 1.82) is 0 Å². The molecule has 2 N–H and O–H groups in total. The summed E-state index contributed by atoms with van der Waals surface area (Å²) in [4.78, 5) is 0.319. The van der Waals surface area contributed by atoms with Crippen LogP contribution in [0, 0.1) is 0 Å². The summed E-state index contributed by atoms with van der Waals surface area (Å²) in [6.45, 7) is 3.61. The fourth-order valence-corrected chi connectivity index (χ4v) is 2.22. The number of nitrogens with one attached hydrogen (secondary N) is 1. The molecule has 84 valence electrons. The van der Waals surface area contributed by atoms with E-state index in [1.54, 1.807) is 38.1 Å². The van der Waals surface area contributed by atoms with E-state index in [4.69, 9.17) is 5.21 Å². The van der Waals surface area contributed by atoms with E-state index in [0.29, 0.717) is 11.4 Å². The first-order valence-electron chi connectivity index (χ1n) is 4.68. The minimum Gasteiger partial charge on any atom is -0.316 e. The standard InChI is InChI=1S/C10H15NO3S/c1-8(2)15(13,14)10-5-3-9(4-6-10)7-11-12/h3-6,8,11-12H,7H2,1-2H3. The first kappa shape index (κ1) is 12.2. The lowest BCUT2D eigenvalue weighted by Gasteiger charge is -2.08. The predicted octanol–water partition coefficient (Wildman–Crippen LogP) is 1.35. The number of rotatable bonds is 4. The maximum atomic E-state index is 11.7. The van der Waals surface area contributed by atoms with Crippen LogP contribution in [0.15, 0.2) is 29.2 Å². The van der Waals surface area contributed by atoms with E-state index in [-0.39, 0.29) is 0 Å². The lowest BCUT2D eigenvalue weighted by molar-refractivity contribution is 0.161. The number of hydrogen-bond donors (Lipinski definition) is 2. The molecule has 4 nitrogen and oxygen atoms in total. The van der Waals surface area contributed by atoms with Crippen molar-refractivity contribution in [2.45, 2.75) is 30.5 Å². The molecule has 0 amide bonds. The van der Waals surface area contributed by atoms with Gasteiger partial charge in [0.2, 0.25) is 0 Å². The summed E-state index contributed by atoms with van der Waals surface area (Å²) in [5, 5.41) is 8.05. The molecule has 0 aliphatic carbocycles. The Kier molecular flexibility index (Phi) is 3.84. The van der Waals surface area contributed by atoms with E-state index in [1.807, 2.05) is 5.48 Å². The zero-order valence-electron chi connectivity index (χ0n) is 8.77. The Morgan fingerprint density at radius 3 is 2.20 bits per heavy atom. The Labute approximate surface area is 89.8 Å². The third-order valence-corrected chi connectivity index (χ3v) is 4.33. The van der Waals surface area contributed by atoms with Gasteiger partial charge in [0, 0.05) is 6.54 Å². The average Bonchev–Trinajstić information content (AvgIpc) is 2.19. The van der Waals surface area contributed by atoms with E-state index in [9.17, 15) is 8.42 Å². The van der Waals surface area contributed by atoms with Crippen molar-refractivity contribution in [3.63, 3.8) is 0 Å². The van der Waals surface area contributed by atoms with E-state index >= 15 is 0 Å². The molecule has 0 aliphatic heterocycles. The molecule has 0 spiro atoms. The predicted molar refractivity (Wildman–Crippen MR) is 57.4 cm³/mol. The van der Waals surface area contributed by atoms with Crippen molar-refractivity contribution in [3.8, 4) is 0 Å². The van der Waals surface area contributed by atoms with Gasteiger partial charge in [0.25, 0.3) is 0 Å². The van der Waals surface area contributed by atoms with Gasteiger partial charge in [0.05, 0.1) is 10.1 Å². The van der Waals surface area contributed by atoms with Crippen molar-refractivity contribution < 1.29 is 13.6 Å². The van der Waals surface area contributed by atoms with Crippen LogP contribution in [0.4, 0.5) is 0 Å². The van der Waals surface area contributed by atoms with Gasteiger partial charge >= 0.3 is 0 Å². The zero-order valence-corrected chi connectivity index (χ0v) is 9.58. The molecular formula is C10H15NO3S. The Morgan fingerprint density at radius 2 is 1.80 bits per heavy atom. The minimum atomic E-state index is -3.19. The van der Waals surface area contributed by atoms with Crippen molar-refractivity contribution in [3.05, 3.63) is 29.8 Å².